The van der Waals surface area contributed by atoms with E-state index in [-0.39, 0.29) is 12.5 Å². The van der Waals surface area contributed by atoms with Crippen molar-refractivity contribution in [1.82, 2.24) is 5.32 Å². The van der Waals surface area contributed by atoms with Crippen molar-refractivity contribution in [1.29, 1.82) is 0 Å². The van der Waals surface area contributed by atoms with Crippen LogP contribution in [0.4, 0.5) is 0 Å². The van der Waals surface area contributed by atoms with Crippen LogP contribution in [0.3, 0.4) is 0 Å². The fourth-order valence-electron chi connectivity index (χ4n) is 1.73. The lowest BCUT2D eigenvalue weighted by atomic mass is 10.0. The summed E-state index contributed by atoms with van der Waals surface area (Å²) in [6.45, 7) is 5.28. The summed E-state index contributed by atoms with van der Waals surface area (Å²) >= 11 is 1.40. The van der Waals surface area contributed by atoms with Gasteiger partial charge in [0.2, 0.25) is 0 Å². The molecular weight excluding hydrogens is 266 g/mol. The van der Waals surface area contributed by atoms with Gasteiger partial charge in [-0.05, 0) is 31.9 Å². The number of carbonyl (C=O) groups is 2. The lowest BCUT2D eigenvalue weighted by Gasteiger charge is -2.21. The van der Waals surface area contributed by atoms with Gasteiger partial charge in [-0.1, -0.05) is 6.92 Å². The van der Waals surface area contributed by atoms with Crippen molar-refractivity contribution in [2.24, 2.45) is 0 Å². The number of aryl methyl sites for hydroxylation is 2. The first-order valence-electron chi connectivity index (χ1n) is 6.07. The van der Waals surface area contributed by atoms with Crippen LogP contribution in [0.15, 0.2) is 6.07 Å². The second-order valence-electron chi connectivity index (χ2n) is 4.80. The Hall–Kier alpha value is -1.40. The summed E-state index contributed by atoms with van der Waals surface area (Å²) < 4.78 is 0. The lowest BCUT2D eigenvalue weighted by molar-refractivity contribution is -0.141. The maximum Gasteiger partial charge on any atom is 0.306 e. The number of hydrogen-bond donors (Lipinski definition) is 3. The number of aliphatic hydroxyl groups is 1. The summed E-state index contributed by atoms with van der Waals surface area (Å²) in [5, 5.41) is 21.0. The van der Waals surface area contributed by atoms with E-state index in [0.717, 1.165) is 16.9 Å². The highest BCUT2D eigenvalue weighted by atomic mass is 32.1. The van der Waals surface area contributed by atoms with Crippen LogP contribution in [0.5, 0.6) is 0 Å². The Bertz CT molecular complexity index is 479. The van der Waals surface area contributed by atoms with E-state index in [1.807, 2.05) is 19.9 Å². The van der Waals surface area contributed by atoms with E-state index in [1.54, 1.807) is 0 Å². The molecule has 1 amide bonds. The molecular formula is C13H19NO4S. The van der Waals surface area contributed by atoms with Gasteiger partial charge in [0.15, 0.2) is 0 Å². The highest BCUT2D eigenvalue weighted by molar-refractivity contribution is 7.14. The Morgan fingerprint density at radius 3 is 2.58 bits per heavy atom. The third-order valence-electron chi connectivity index (χ3n) is 2.79. The van der Waals surface area contributed by atoms with Crippen molar-refractivity contribution >= 4 is 23.2 Å². The predicted molar refractivity (Wildman–Crippen MR) is 73.6 cm³/mol. The number of aliphatic carboxylic acids is 1. The molecule has 5 nitrogen and oxygen atoms in total. The number of thiophene rings is 1. The summed E-state index contributed by atoms with van der Waals surface area (Å²) in [4.78, 5) is 24.1. The van der Waals surface area contributed by atoms with Crippen molar-refractivity contribution in [3.63, 3.8) is 0 Å². The molecule has 0 aliphatic rings. The Morgan fingerprint density at radius 1 is 1.47 bits per heavy atom. The standard InChI is InChI=1S/C13H19NO4S/c1-4-9-5-10(19-8(9)2)12(17)14-7-13(3,18)6-11(15)16/h5,18H,4,6-7H2,1-3H3,(H,14,17)(H,15,16). The number of nitrogens with one attached hydrogen (secondary N) is 1. The second-order valence-corrected chi connectivity index (χ2v) is 6.05. The van der Waals surface area contributed by atoms with Crippen LogP contribution >= 0.6 is 11.3 Å². The maximum absolute atomic E-state index is 11.9. The van der Waals surface area contributed by atoms with Crippen LogP contribution in [0.1, 0.15) is 40.4 Å². The number of carboxylic acid groups (broad SMARTS) is 1. The Morgan fingerprint density at radius 2 is 2.11 bits per heavy atom. The monoisotopic (exact) mass is 285 g/mol. The molecule has 6 heteroatoms. The Kier molecular flexibility index (Phi) is 5.08. The minimum Gasteiger partial charge on any atom is -0.481 e. The molecule has 1 unspecified atom stereocenters. The molecule has 3 N–H and O–H groups in total. The zero-order valence-corrected chi connectivity index (χ0v) is 12.1. The Labute approximate surface area is 116 Å². The van der Waals surface area contributed by atoms with Gasteiger partial charge in [-0.3, -0.25) is 9.59 Å². The first kappa shape index (κ1) is 15.7. The van der Waals surface area contributed by atoms with Crippen molar-refractivity contribution in [3.05, 3.63) is 21.4 Å². The molecule has 0 aromatic carbocycles. The minimum atomic E-state index is -1.44. The van der Waals surface area contributed by atoms with Gasteiger partial charge in [-0.2, -0.15) is 0 Å². The van der Waals surface area contributed by atoms with Gasteiger partial charge < -0.3 is 15.5 Å². The van der Waals surface area contributed by atoms with Crippen LogP contribution in [0, 0.1) is 6.92 Å². The molecule has 0 saturated carbocycles. The van der Waals surface area contributed by atoms with Gasteiger partial charge in [0.25, 0.3) is 5.91 Å². The molecule has 1 aromatic heterocycles. The summed E-state index contributed by atoms with van der Waals surface area (Å²) in [5.41, 5.74) is -0.311. The summed E-state index contributed by atoms with van der Waals surface area (Å²) in [6, 6.07) is 1.83. The molecule has 1 heterocycles. The lowest BCUT2D eigenvalue weighted by Crippen LogP contribution is -2.41. The van der Waals surface area contributed by atoms with E-state index < -0.39 is 18.0 Å². The summed E-state index contributed by atoms with van der Waals surface area (Å²) in [6.07, 6.45) is 0.462. The molecule has 1 aromatic rings. The fourth-order valence-corrected chi connectivity index (χ4v) is 2.76. The van der Waals surface area contributed by atoms with Gasteiger partial charge in [-0.15, -0.1) is 11.3 Å². The van der Waals surface area contributed by atoms with Gasteiger partial charge in [0.05, 0.1) is 16.9 Å². The van der Waals surface area contributed by atoms with E-state index >= 15 is 0 Å². The highest BCUT2D eigenvalue weighted by Crippen LogP contribution is 2.22. The topological polar surface area (TPSA) is 86.6 Å². The fraction of sp³-hybridized carbons (Fsp3) is 0.538. The predicted octanol–water partition coefficient (Wildman–Crippen LogP) is 1.57. The number of carboxylic acids is 1. The molecule has 1 rings (SSSR count). The SMILES string of the molecule is CCc1cc(C(=O)NCC(C)(O)CC(=O)O)sc1C. The van der Waals surface area contributed by atoms with Gasteiger partial charge in [0.1, 0.15) is 0 Å². The molecule has 0 radical (unpaired) electrons. The Balaban J connectivity index is 2.62. The second kappa shape index (κ2) is 6.16. The van der Waals surface area contributed by atoms with Crippen LogP contribution in [0.2, 0.25) is 0 Å². The number of hydrogen-bond acceptors (Lipinski definition) is 4. The normalized spacial score (nSPS) is 13.9. The number of carbonyl (C=O) groups excluding carboxylic acids is 1. The molecule has 0 aliphatic heterocycles. The molecule has 1 atom stereocenters. The molecule has 19 heavy (non-hydrogen) atoms. The van der Waals surface area contributed by atoms with Crippen LogP contribution < -0.4 is 5.32 Å². The van der Waals surface area contributed by atoms with Crippen LogP contribution in [-0.4, -0.2) is 34.2 Å². The van der Waals surface area contributed by atoms with E-state index in [2.05, 4.69) is 5.32 Å². The zero-order chi connectivity index (χ0) is 14.6. The molecule has 0 aliphatic carbocycles. The summed E-state index contributed by atoms with van der Waals surface area (Å²) in [5.74, 6) is -1.38. The molecule has 0 saturated heterocycles. The average molecular weight is 285 g/mol. The summed E-state index contributed by atoms with van der Waals surface area (Å²) in [7, 11) is 0. The molecule has 0 spiro atoms. The van der Waals surface area contributed by atoms with Crippen molar-refractivity contribution in [2.75, 3.05) is 6.54 Å². The molecule has 106 valence electrons. The van der Waals surface area contributed by atoms with Gasteiger partial charge >= 0.3 is 5.97 Å². The van der Waals surface area contributed by atoms with E-state index in [4.69, 9.17) is 5.11 Å². The quantitative estimate of drug-likeness (QED) is 0.740. The smallest absolute Gasteiger partial charge is 0.306 e. The van der Waals surface area contributed by atoms with Crippen LogP contribution in [0.25, 0.3) is 0 Å². The zero-order valence-electron chi connectivity index (χ0n) is 11.3. The largest absolute Gasteiger partial charge is 0.481 e. The highest BCUT2D eigenvalue weighted by Gasteiger charge is 2.25. The van der Waals surface area contributed by atoms with E-state index in [1.165, 1.54) is 18.3 Å². The van der Waals surface area contributed by atoms with Gasteiger partial charge in [0, 0.05) is 11.4 Å². The van der Waals surface area contributed by atoms with E-state index in [9.17, 15) is 14.7 Å². The third-order valence-corrected chi connectivity index (χ3v) is 3.88. The van der Waals surface area contributed by atoms with E-state index in [0.29, 0.717) is 4.88 Å². The number of amides is 1. The number of rotatable bonds is 6. The van der Waals surface area contributed by atoms with Crippen molar-refractivity contribution in [3.8, 4) is 0 Å². The first-order valence-corrected chi connectivity index (χ1v) is 6.88. The van der Waals surface area contributed by atoms with Crippen LogP contribution in [-0.2, 0) is 11.2 Å². The van der Waals surface area contributed by atoms with Crippen molar-refractivity contribution in [2.45, 2.75) is 39.2 Å². The van der Waals surface area contributed by atoms with Gasteiger partial charge in [-0.25, -0.2) is 0 Å². The van der Waals surface area contributed by atoms with Crippen molar-refractivity contribution < 1.29 is 19.8 Å². The minimum absolute atomic E-state index is 0.0868. The first-order chi connectivity index (χ1) is 8.75. The average Bonchev–Trinajstić information content (AvgIpc) is 2.66. The third kappa shape index (κ3) is 4.65. The maximum atomic E-state index is 11.9. The molecule has 0 fully saturated rings. The molecule has 0 bridgehead atoms.